The first-order valence-electron chi connectivity index (χ1n) is 12.8. The Morgan fingerprint density at radius 3 is 2.54 bits per heavy atom. The molecule has 0 radical (unpaired) electrons. The van der Waals surface area contributed by atoms with Crippen LogP contribution in [0.4, 0.5) is 0 Å². The van der Waals surface area contributed by atoms with E-state index in [0.717, 1.165) is 29.6 Å². The minimum atomic E-state index is 0.858. The largest absolute Gasteiger partial charge is 0.0654 e. The monoisotopic (exact) mass is 380 g/mol. The predicted molar refractivity (Wildman–Crippen MR) is 122 cm³/mol. The van der Waals surface area contributed by atoms with Gasteiger partial charge in [-0.25, -0.2) is 0 Å². The highest BCUT2D eigenvalue weighted by Crippen LogP contribution is 2.48. The van der Waals surface area contributed by atoms with Gasteiger partial charge in [0.25, 0.3) is 0 Å². The van der Waals surface area contributed by atoms with Crippen LogP contribution in [0.25, 0.3) is 0 Å². The maximum atomic E-state index is 2.62. The van der Waals surface area contributed by atoms with Crippen LogP contribution in [0.3, 0.4) is 0 Å². The zero-order valence-electron chi connectivity index (χ0n) is 18.7. The highest BCUT2D eigenvalue weighted by molar-refractivity contribution is 5.36. The normalized spacial score (nSPS) is 32.6. The van der Waals surface area contributed by atoms with Gasteiger partial charge in [-0.3, -0.25) is 0 Å². The van der Waals surface area contributed by atoms with E-state index in [1.807, 2.05) is 0 Å². The van der Waals surface area contributed by atoms with Gasteiger partial charge >= 0.3 is 0 Å². The van der Waals surface area contributed by atoms with Gasteiger partial charge in [-0.05, 0) is 97.6 Å². The Morgan fingerprint density at radius 2 is 1.64 bits per heavy atom. The highest BCUT2D eigenvalue weighted by Gasteiger charge is 2.36. The molecule has 156 valence electrons. The van der Waals surface area contributed by atoms with Crippen molar-refractivity contribution < 1.29 is 0 Å². The van der Waals surface area contributed by atoms with E-state index >= 15 is 0 Å². The van der Waals surface area contributed by atoms with Crippen LogP contribution < -0.4 is 0 Å². The molecule has 0 amide bonds. The third kappa shape index (κ3) is 5.03. The molecule has 0 bridgehead atoms. The summed E-state index contributed by atoms with van der Waals surface area (Å²) in [5, 5.41) is 0. The molecule has 0 saturated heterocycles. The first kappa shape index (κ1) is 20.5. The number of fused-ring (bicyclic) bond motifs is 2. The molecule has 3 aliphatic rings. The van der Waals surface area contributed by atoms with Gasteiger partial charge < -0.3 is 0 Å². The Hall–Kier alpha value is -0.780. The lowest BCUT2D eigenvalue weighted by atomic mass is 9.63. The molecule has 0 heteroatoms. The topological polar surface area (TPSA) is 0 Å². The maximum Gasteiger partial charge on any atom is -0.0159 e. The van der Waals surface area contributed by atoms with Gasteiger partial charge in [0.15, 0.2) is 0 Å². The van der Waals surface area contributed by atoms with Crippen molar-refractivity contribution in [3.8, 4) is 0 Å². The molecule has 2 fully saturated rings. The van der Waals surface area contributed by atoms with Gasteiger partial charge in [0, 0.05) is 0 Å². The molecule has 0 spiro atoms. The molecule has 0 heterocycles. The van der Waals surface area contributed by atoms with Crippen molar-refractivity contribution in [2.24, 2.45) is 23.7 Å². The van der Waals surface area contributed by atoms with Gasteiger partial charge in [0.05, 0.1) is 0 Å². The third-order valence-corrected chi connectivity index (χ3v) is 8.61. The molecule has 1 aromatic rings. The van der Waals surface area contributed by atoms with Crippen LogP contribution in [0, 0.1) is 23.7 Å². The molecular formula is C28H44. The lowest BCUT2D eigenvalue weighted by Gasteiger charge is -2.42. The summed E-state index contributed by atoms with van der Waals surface area (Å²) in [6.45, 7) is 4.74. The second-order valence-electron chi connectivity index (χ2n) is 10.8. The SMILES string of the molecule is CCCCCCCC1CCC2CC(c3ccc4c(c3)CCC(C)C4)CCC2C1. The van der Waals surface area contributed by atoms with Crippen molar-refractivity contribution in [3.63, 3.8) is 0 Å². The smallest absolute Gasteiger partial charge is 0.0159 e. The quantitative estimate of drug-likeness (QED) is 0.416. The number of aryl methyl sites for hydroxylation is 1. The predicted octanol–water partition coefficient (Wildman–Crippen LogP) is 8.47. The molecule has 0 nitrogen and oxygen atoms in total. The first-order valence-corrected chi connectivity index (χ1v) is 12.8. The summed E-state index contributed by atoms with van der Waals surface area (Å²) in [6, 6.07) is 7.61. The second kappa shape index (κ2) is 9.82. The van der Waals surface area contributed by atoms with E-state index in [1.165, 1.54) is 89.9 Å². The van der Waals surface area contributed by atoms with Crippen LogP contribution >= 0.6 is 0 Å². The van der Waals surface area contributed by atoms with Crippen molar-refractivity contribution in [2.75, 3.05) is 0 Å². The van der Waals surface area contributed by atoms with Crippen molar-refractivity contribution in [2.45, 2.75) is 116 Å². The van der Waals surface area contributed by atoms with Crippen molar-refractivity contribution >= 4 is 0 Å². The molecule has 5 unspecified atom stereocenters. The number of rotatable bonds is 7. The van der Waals surface area contributed by atoms with E-state index in [9.17, 15) is 0 Å². The van der Waals surface area contributed by atoms with E-state index < -0.39 is 0 Å². The molecule has 28 heavy (non-hydrogen) atoms. The van der Waals surface area contributed by atoms with Gasteiger partial charge in [-0.15, -0.1) is 0 Å². The van der Waals surface area contributed by atoms with Gasteiger partial charge in [0.2, 0.25) is 0 Å². The van der Waals surface area contributed by atoms with Crippen LogP contribution in [0.5, 0.6) is 0 Å². The Balaban J connectivity index is 1.27. The molecule has 0 N–H and O–H groups in total. The summed E-state index contributed by atoms with van der Waals surface area (Å²) in [5.74, 6) is 4.90. The second-order valence-corrected chi connectivity index (χ2v) is 10.8. The van der Waals surface area contributed by atoms with E-state index in [4.69, 9.17) is 0 Å². The molecule has 0 aliphatic heterocycles. The molecule has 5 atom stereocenters. The number of hydrogen-bond acceptors (Lipinski definition) is 0. The van der Waals surface area contributed by atoms with Crippen molar-refractivity contribution in [3.05, 3.63) is 34.9 Å². The van der Waals surface area contributed by atoms with Crippen LogP contribution in [0.1, 0.15) is 120 Å². The molecule has 0 aromatic heterocycles. The molecule has 4 rings (SSSR count). The van der Waals surface area contributed by atoms with Gasteiger partial charge in [-0.1, -0.05) is 77.0 Å². The summed E-state index contributed by atoms with van der Waals surface area (Å²) >= 11 is 0. The zero-order chi connectivity index (χ0) is 19.3. The summed E-state index contributed by atoms with van der Waals surface area (Å²) in [7, 11) is 0. The van der Waals surface area contributed by atoms with Crippen LogP contribution in [0.15, 0.2) is 18.2 Å². The first-order chi connectivity index (χ1) is 13.7. The Kier molecular flexibility index (Phi) is 7.18. The lowest BCUT2D eigenvalue weighted by molar-refractivity contribution is 0.113. The summed E-state index contributed by atoms with van der Waals surface area (Å²) < 4.78 is 0. The van der Waals surface area contributed by atoms with Crippen LogP contribution in [0.2, 0.25) is 0 Å². The summed E-state index contributed by atoms with van der Waals surface area (Å²) in [5.41, 5.74) is 5.02. The standard InChI is InChI=1S/C28H44/c1-3-4-5-6-7-8-22-10-12-26-20-28(16-14-24(26)18-22)27-15-13-23-17-21(2)9-11-25(23)19-27/h13,15,19,21-22,24,26,28H,3-12,14,16-18,20H2,1-2H3. The fraction of sp³-hybridized carbons (Fsp3) is 0.786. The van der Waals surface area contributed by atoms with E-state index in [1.54, 1.807) is 23.1 Å². The Morgan fingerprint density at radius 1 is 0.821 bits per heavy atom. The molecule has 2 saturated carbocycles. The van der Waals surface area contributed by atoms with Crippen molar-refractivity contribution in [1.82, 2.24) is 0 Å². The van der Waals surface area contributed by atoms with E-state index in [2.05, 4.69) is 32.0 Å². The highest BCUT2D eigenvalue weighted by atomic mass is 14.4. The Labute approximate surface area is 174 Å². The molecule has 1 aromatic carbocycles. The van der Waals surface area contributed by atoms with Gasteiger partial charge in [-0.2, -0.15) is 0 Å². The van der Waals surface area contributed by atoms with Crippen LogP contribution in [-0.2, 0) is 12.8 Å². The Bertz CT molecular complexity index is 614. The van der Waals surface area contributed by atoms with Crippen molar-refractivity contribution in [1.29, 1.82) is 0 Å². The van der Waals surface area contributed by atoms with Gasteiger partial charge in [0.1, 0.15) is 0 Å². The molecule has 3 aliphatic carbocycles. The fourth-order valence-corrected chi connectivity index (χ4v) is 6.80. The number of benzene rings is 1. The zero-order valence-corrected chi connectivity index (χ0v) is 18.7. The minimum Gasteiger partial charge on any atom is -0.0654 e. The number of hydrogen-bond donors (Lipinski definition) is 0. The average Bonchev–Trinajstić information content (AvgIpc) is 2.73. The summed E-state index contributed by atoms with van der Waals surface area (Å²) in [4.78, 5) is 0. The molecular weight excluding hydrogens is 336 g/mol. The minimum absolute atomic E-state index is 0.858. The third-order valence-electron chi connectivity index (χ3n) is 8.61. The lowest BCUT2D eigenvalue weighted by Crippen LogP contribution is -2.30. The fourth-order valence-electron chi connectivity index (χ4n) is 6.80. The summed E-state index contributed by atoms with van der Waals surface area (Å²) in [6.07, 6.45) is 21.9. The number of unbranched alkanes of at least 4 members (excludes halogenated alkanes) is 4. The van der Waals surface area contributed by atoms with Crippen LogP contribution in [-0.4, -0.2) is 0 Å². The van der Waals surface area contributed by atoms with E-state index in [-0.39, 0.29) is 0 Å². The average molecular weight is 381 g/mol. The van der Waals surface area contributed by atoms with E-state index in [0.29, 0.717) is 0 Å². The maximum absolute atomic E-state index is 2.62.